The third-order valence-electron chi connectivity index (χ3n) is 4.88. The summed E-state index contributed by atoms with van der Waals surface area (Å²) in [5, 5.41) is 8.40. The lowest BCUT2D eigenvalue weighted by atomic mass is 10.1. The number of thiophene rings is 1. The van der Waals surface area contributed by atoms with Gasteiger partial charge in [0, 0.05) is 38.1 Å². The summed E-state index contributed by atoms with van der Waals surface area (Å²) in [5.74, 6) is 0. The topological polar surface area (TPSA) is 48.5 Å². The first-order chi connectivity index (χ1) is 13.8. The van der Waals surface area contributed by atoms with Crippen molar-refractivity contribution >= 4 is 28.7 Å². The number of nitrogens with zero attached hydrogens (tertiary/aromatic N) is 3. The number of hydrogen-bond acceptors (Lipinski definition) is 5. The van der Waals surface area contributed by atoms with Crippen LogP contribution in [0.15, 0.2) is 53.2 Å². The second kappa shape index (κ2) is 9.32. The average Bonchev–Trinajstić information content (AvgIpc) is 3.41. The van der Waals surface area contributed by atoms with Crippen molar-refractivity contribution in [2.45, 2.75) is 13.0 Å². The maximum Gasteiger partial charge on any atom is 0.317 e. The van der Waals surface area contributed by atoms with Gasteiger partial charge >= 0.3 is 6.03 Å². The van der Waals surface area contributed by atoms with Gasteiger partial charge in [0.15, 0.2) is 0 Å². The minimum atomic E-state index is 0.0461. The Hall–Kier alpha value is -2.22. The summed E-state index contributed by atoms with van der Waals surface area (Å²) in [6.45, 7) is 4.84. The molecule has 1 aliphatic heterocycles. The second-order valence-electron chi connectivity index (χ2n) is 6.83. The predicted octanol–water partition coefficient (Wildman–Crippen LogP) is 3.94. The smallest absolute Gasteiger partial charge is 0.317 e. The molecule has 0 aliphatic carbocycles. The Balaban J connectivity index is 1.19. The van der Waals surface area contributed by atoms with Crippen LogP contribution in [0.25, 0.3) is 10.6 Å². The fourth-order valence-electron chi connectivity index (χ4n) is 3.29. The number of piperazine rings is 1. The molecule has 146 valence electrons. The molecule has 5 nitrogen and oxygen atoms in total. The van der Waals surface area contributed by atoms with Crippen molar-refractivity contribution in [3.05, 3.63) is 63.8 Å². The summed E-state index contributed by atoms with van der Waals surface area (Å²) in [6, 6.07) is 14.5. The van der Waals surface area contributed by atoms with Crippen molar-refractivity contribution in [1.29, 1.82) is 0 Å². The molecule has 1 saturated heterocycles. The van der Waals surface area contributed by atoms with Gasteiger partial charge in [-0.1, -0.05) is 36.4 Å². The molecule has 0 spiro atoms. The van der Waals surface area contributed by atoms with Gasteiger partial charge in [-0.2, -0.15) is 0 Å². The van der Waals surface area contributed by atoms with Crippen LogP contribution in [-0.4, -0.2) is 53.5 Å². The minimum Gasteiger partial charge on any atom is -0.338 e. The molecule has 4 rings (SSSR count). The largest absolute Gasteiger partial charge is 0.338 e. The Morgan fingerprint density at radius 3 is 2.61 bits per heavy atom. The van der Waals surface area contributed by atoms with Crippen LogP contribution in [0, 0.1) is 0 Å². The highest BCUT2D eigenvalue weighted by Crippen LogP contribution is 2.26. The number of hydrogen-bond donors (Lipinski definition) is 1. The Morgan fingerprint density at radius 2 is 1.86 bits per heavy atom. The molecule has 0 unspecified atom stereocenters. The molecule has 0 saturated carbocycles. The third-order valence-corrected chi connectivity index (χ3v) is 6.60. The Morgan fingerprint density at radius 1 is 1.04 bits per heavy atom. The normalized spacial score (nSPS) is 14.9. The molecule has 2 aromatic heterocycles. The highest BCUT2D eigenvalue weighted by Gasteiger charge is 2.21. The van der Waals surface area contributed by atoms with Crippen LogP contribution >= 0.6 is 22.7 Å². The Labute approximate surface area is 173 Å². The van der Waals surface area contributed by atoms with Gasteiger partial charge in [-0.15, -0.1) is 22.7 Å². The zero-order valence-corrected chi connectivity index (χ0v) is 17.3. The number of nitrogens with one attached hydrogen (secondary N) is 1. The maximum absolute atomic E-state index is 12.4. The first-order valence-electron chi connectivity index (χ1n) is 9.55. The van der Waals surface area contributed by atoms with E-state index in [1.54, 1.807) is 22.7 Å². The number of urea groups is 1. The van der Waals surface area contributed by atoms with Crippen LogP contribution in [-0.2, 0) is 13.0 Å². The van der Waals surface area contributed by atoms with Crippen molar-refractivity contribution in [1.82, 2.24) is 20.1 Å². The van der Waals surface area contributed by atoms with Crippen molar-refractivity contribution in [2.75, 3.05) is 32.7 Å². The fourth-order valence-corrected chi connectivity index (χ4v) is 4.89. The molecule has 3 heterocycles. The summed E-state index contributed by atoms with van der Waals surface area (Å²) >= 11 is 3.44. The van der Waals surface area contributed by atoms with E-state index in [2.05, 4.69) is 45.2 Å². The second-order valence-corrected chi connectivity index (χ2v) is 8.72. The van der Waals surface area contributed by atoms with E-state index < -0.39 is 0 Å². The quantitative estimate of drug-likeness (QED) is 0.667. The lowest BCUT2D eigenvalue weighted by Gasteiger charge is -2.34. The maximum atomic E-state index is 12.4. The molecule has 0 bridgehead atoms. The van der Waals surface area contributed by atoms with E-state index in [4.69, 9.17) is 4.98 Å². The summed E-state index contributed by atoms with van der Waals surface area (Å²) in [5.41, 5.74) is 2.32. The van der Waals surface area contributed by atoms with Crippen LogP contribution < -0.4 is 5.32 Å². The van der Waals surface area contributed by atoms with E-state index in [0.717, 1.165) is 49.8 Å². The van der Waals surface area contributed by atoms with Gasteiger partial charge in [-0.05, 0) is 23.4 Å². The number of thiazole rings is 1. The van der Waals surface area contributed by atoms with Gasteiger partial charge in [0.25, 0.3) is 0 Å². The molecule has 2 amide bonds. The van der Waals surface area contributed by atoms with E-state index in [-0.39, 0.29) is 6.03 Å². The minimum absolute atomic E-state index is 0.0461. The number of rotatable bonds is 6. The summed E-state index contributed by atoms with van der Waals surface area (Å²) in [7, 11) is 0. The molecule has 1 N–H and O–H groups in total. The van der Waals surface area contributed by atoms with Gasteiger partial charge in [0.2, 0.25) is 0 Å². The average molecular weight is 413 g/mol. The van der Waals surface area contributed by atoms with Gasteiger partial charge in [0.05, 0.1) is 17.1 Å². The van der Waals surface area contributed by atoms with Crippen LogP contribution in [0.4, 0.5) is 4.79 Å². The summed E-state index contributed by atoms with van der Waals surface area (Å²) < 4.78 is 0. The number of carbonyl (C=O) groups is 1. The van der Waals surface area contributed by atoms with E-state index >= 15 is 0 Å². The van der Waals surface area contributed by atoms with Crippen LogP contribution in [0.2, 0.25) is 0 Å². The molecule has 1 fully saturated rings. The fraction of sp³-hybridized carbons (Fsp3) is 0.333. The standard InChI is InChI=1S/C21H24N4OS2/c26-21(22-9-8-17-5-2-1-3-6-17)25-12-10-24(11-13-25)15-20-23-18(16-28-20)19-7-4-14-27-19/h1-7,14,16H,8-13,15H2,(H,22,26). The zero-order valence-electron chi connectivity index (χ0n) is 15.7. The van der Waals surface area contributed by atoms with Gasteiger partial charge in [0.1, 0.15) is 5.01 Å². The van der Waals surface area contributed by atoms with Gasteiger partial charge in [-0.25, -0.2) is 9.78 Å². The van der Waals surface area contributed by atoms with E-state index in [1.165, 1.54) is 10.4 Å². The molecule has 3 aromatic rings. The van der Waals surface area contributed by atoms with Crippen molar-refractivity contribution in [3.63, 3.8) is 0 Å². The number of benzene rings is 1. The molecule has 1 aliphatic rings. The highest BCUT2D eigenvalue weighted by molar-refractivity contribution is 7.14. The molecule has 1 aromatic carbocycles. The summed E-state index contributed by atoms with van der Waals surface area (Å²) in [6.07, 6.45) is 0.864. The Kier molecular flexibility index (Phi) is 6.36. The first kappa shape index (κ1) is 19.1. The predicted molar refractivity (Wildman–Crippen MR) is 116 cm³/mol. The summed E-state index contributed by atoms with van der Waals surface area (Å²) in [4.78, 5) is 22.7. The number of amides is 2. The molecular weight excluding hydrogens is 388 g/mol. The van der Waals surface area contributed by atoms with Crippen molar-refractivity contribution in [2.24, 2.45) is 0 Å². The molecule has 28 heavy (non-hydrogen) atoms. The molecular formula is C21H24N4OS2. The monoisotopic (exact) mass is 412 g/mol. The highest BCUT2D eigenvalue weighted by atomic mass is 32.1. The van der Waals surface area contributed by atoms with E-state index in [9.17, 15) is 4.79 Å². The first-order valence-corrected chi connectivity index (χ1v) is 11.3. The molecule has 0 atom stereocenters. The zero-order chi connectivity index (χ0) is 19.2. The lowest BCUT2D eigenvalue weighted by Crippen LogP contribution is -2.51. The van der Waals surface area contributed by atoms with Crippen molar-refractivity contribution in [3.8, 4) is 10.6 Å². The number of aromatic nitrogens is 1. The van der Waals surface area contributed by atoms with E-state index in [1.807, 2.05) is 23.1 Å². The number of carbonyl (C=O) groups excluding carboxylic acids is 1. The Bertz CT molecular complexity index is 871. The van der Waals surface area contributed by atoms with Crippen LogP contribution in [0.5, 0.6) is 0 Å². The van der Waals surface area contributed by atoms with Crippen LogP contribution in [0.1, 0.15) is 10.6 Å². The molecule has 7 heteroatoms. The van der Waals surface area contributed by atoms with Crippen LogP contribution in [0.3, 0.4) is 0 Å². The van der Waals surface area contributed by atoms with Crippen molar-refractivity contribution < 1.29 is 4.79 Å². The van der Waals surface area contributed by atoms with Gasteiger partial charge < -0.3 is 10.2 Å². The lowest BCUT2D eigenvalue weighted by molar-refractivity contribution is 0.135. The van der Waals surface area contributed by atoms with E-state index in [0.29, 0.717) is 6.54 Å². The SMILES string of the molecule is O=C(NCCc1ccccc1)N1CCN(Cc2nc(-c3cccs3)cs2)CC1. The van der Waals surface area contributed by atoms with Gasteiger partial charge in [-0.3, -0.25) is 4.90 Å². The third kappa shape index (κ3) is 4.98. The molecule has 0 radical (unpaired) electrons.